The Morgan fingerprint density at radius 1 is 1.40 bits per heavy atom. The number of sulfone groups is 1. The van der Waals surface area contributed by atoms with E-state index >= 15 is 0 Å². The molecule has 1 aliphatic rings. The van der Waals surface area contributed by atoms with Crippen LogP contribution in [0.3, 0.4) is 0 Å². The molecular formula is C17H22N2O3S3. The van der Waals surface area contributed by atoms with Crippen LogP contribution in [-0.4, -0.2) is 54.1 Å². The van der Waals surface area contributed by atoms with Gasteiger partial charge in [-0.3, -0.25) is 4.79 Å². The number of hydrogen-bond acceptors (Lipinski definition) is 6. The molecule has 2 aromatic rings. The minimum absolute atomic E-state index is 0.0000520. The maximum absolute atomic E-state index is 12.8. The molecule has 1 saturated heterocycles. The normalized spacial score (nSPS) is 19.6. The number of rotatable bonds is 6. The minimum Gasteiger partial charge on any atom is -0.338 e. The number of thiazole rings is 1. The highest BCUT2D eigenvalue weighted by atomic mass is 32.2. The van der Waals surface area contributed by atoms with Crippen molar-refractivity contribution in [3.8, 4) is 0 Å². The number of benzene rings is 1. The van der Waals surface area contributed by atoms with Gasteiger partial charge in [-0.05, 0) is 24.5 Å². The predicted molar refractivity (Wildman–Crippen MR) is 104 cm³/mol. The quantitative estimate of drug-likeness (QED) is 0.700. The molecule has 3 rings (SSSR count). The Morgan fingerprint density at radius 2 is 2.16 bits per heavy atom. The van der Waals surface area contributed by atoms with Crippen LogP contribution in [0.15, 0.2) is 28.6 Å². The fraction of sp³-hybridized carbons (Fsp3) is 0.529. The summed E-state index contributed by atoms with van der Waals surface area (Å²) in [6, 6.07) is 7.73. The molecule has 1 amide bonds. The van der Waals surface area contributed by atoms with Gasteiger partial charge in [-0.15, -0.1) is 11.3 Å². The van der Waals surface area contributed by atoms with E-state index in [1.807, 2.05) is 38.1 Å². The van der Waals surface area contributed by atoms with Crippen molar-refractivity contribution in [2.75, 3.05) is 23.8 Å². The number of hydrogen-bond donors (Lipinski definition) is 0. The second kappa shape index (κ2) is 7.63. The first-order chi connectivity index (χ1) is 11.8. The number of nitrogens with zero attached hydrogens (tertiary/aromatic N) is 2. The van der Waals surface area contributed by atoms with Crippen LogP contribution in [0, 0.1) is 5.92 Å². The van der Waals surface area contributed by atoms with Crippen molar-refractivity contribution in [1.29, 1.82) is 0 Å². The summed E-state index contributed by atoms with van der Waals surface area (Å²) >= 11 is 3.02. The van der Waals surface area contributed by atoms with Gasteiger partial charge in [0.15, 0.2) is 14.2 Å². The first-order valence-electron chi connectivity index (χ1n) is 8.32. The molecule has 25 heavy (non-hydrogen) atoms. The molecule has 8 heteroatoms. The molecule has 0 bridgehead atoms. The van der Waals surface area contributed by atoms with Gasteiger partial charge in [-0.2, -0.15) is 0 Å². The Bertz CT molecular complexity index is 828. The van der Waals surface area contributed by atoms with Crippen LogP contribution in [0.5, 0.6) is 0 Å². The SMILES string of the molecule is CC(C)CN(C(=O)CSc1nc2ccccc2s1)[C@H]1CCS(=O)(=O)C1. The van der Waals surface area contributed by atoms with Gasteiger partial charge in [0, 0.05) is 12.6 Å². The van der Waals surface area contributed by atoms with E-state index in [2.05, 4.69) is 4.98 Å². The van der Waals surface area contributed by atoms with Crippen molar-refractivity contribution in [3.05, 3.63) is 24.3 Å². The highest BCUT2D eigenvalue weighted by Gasteiger charge is 2.34. The molecule has 1 aliphatic heterocycles. The van der Waals surface area contributed by atoms with Gasteiger partial charge in [0.2, 0.25) is 5.91 Å². The summed E-state index contributed by atoms with van der Waals surface area (Å²) in [6.45, 7) is 4.69. The zero-order valence-corrected chi connectivity index (χ0v) is 16.8. The van der Waals surface area contributed by atoms with E-state index in [0.717, 1.165) is 14.6 Å². The van der Waals surface area contributed by atoms with Crippen molar-refractivity contribution in [2.24, 2.45) is 5.92 Å². The molecule has 0 aliphatic carbocycles. The van der Waals surface area contributed by atoms with E-state index in [9.17, 15) is 13.2 Å². The van der Waals surface area contributed by atoms with Crippen molar-refractivity contribution in [3.63, 3.8) is 0 Å². The maximum atomic E-state index is 12.8. The lowest BCUT2D eigenvalue weighted by atomic mass is 10.1. The van der Waals surface area contributed by atoms with Crippen LogP contribution in [0.4, 0.5) is 0 Å². The Hall–Kier alpha value is -1.12. The van der Waals surface area contributed by atoms with Gasteiger partial charge >= 0.3 is 0 Å². The van der Waals surface area contributed by atoms with Gasteiger partial charge in [0.05, 0.1) is 27.5 Å². The lowest BCUT2D eigenvalue weighted by Crippen LogP contribution is -2.44. The highest BCUT2D eigenvalue weighted by Crippen LogP contribution is 2.30. The molecule has 0 N–H and O–H groups in total. The molecule has 0 radical (unpaired) electrons. The molecule has 0 saturated carbocycles. The van der Waals surface area contributed by atoms with E-state index in [1.165, 1.54) is 11.8 Å². The Balaban J connectivity index is 1.67. The van der Waals surface area contributed by atoms with Crippen LogP contribution in [0.2, 0.25) is 0 Å². The van der Waals surface area contributed by atoms with E-state index < -0.39 is 9.84 Å². The molecule has 136 valence electrons. The average Bonchev–Trinajstić information content (AvgIpc) is 3.12. The van der Waals surface area contributed by atoms with Crippen molar-refractivity contribution in [2.45, 2.75) is 30.6 Å². The highest BCUT2D eigenvalue weighted by molar-refractivity contribution is 8.01. The third-order valence-electron chi connectivity index (χ3n) is 4.12. The number of carbonyl (C=O) groups excluding carboxylic acids is 1. The second-order valence-electron chi connectivity index (χ2n) is 6.73. The van der Waals surface area contributed by atoms with E-state index in [4.69, 9.17) is 0 Å². The summed E-state index contributed by atoms with van der Waals surface area (Å²) in [5.41, 5.74) is 0.948. The number of fused-ring (bicyclic) bond motifs is 1. The standard InChI is InChI=1S/C17H22N2O3S3/c1-12(2)9-19(13-7-8-25(21,22)11-13)16(20)10-23-17-18-14-5-3-4-6-15(14)24-17/h3-6,12-13H,7-11H2,1-2H3/t13-/m0/s1. The summed E-state index contributed by atoms with van der Waals surface area (Å²) in [5, 5.41) is 0. The third kappa shape index (κ3) is 4.74. The molecule has 0 unspecified atom stereocenters. The Morgan fingerprint density at radius 3 is 2.80 bits per heavy atom. The fourth-order valence-corrected chi connectivity index (χ4v) is 6.67. The Labute approximate surface area is 156 Å². The molecule has 5 nitrogen and oxygen atoms in total. The maximum Gasteiger partial charge on any atom is 0.233 e. The van der Waals surface area contributed by atoms with Gasteiger partial charge in [-0.1, -0.05) is 37.7 Å². The van der Waals surface area contributed by atoms with Gasteiger partial charge in [-0.25, -0.2) is 13.4 Å². The van der Waals surface area contributed by atoms with Gasteiger partial charge in [0.25, 0.3) is 0 Å². The summed E-state index contributed by atoms with van der Waals surface area (Å²) in [7, 11) is -3.01. The lowest BCUT2D eigenvalue weighted by molar-refractivity contribution is -0.130. The summed E-state index contributed by atoms with van der Waals surface area (Å²) < 4.78 is 25.5. The van der Waals surface area contributed by atoms with Crippen LogP contribution >= 0.6 is 23.1 Å². The molecule has 1 aromatic carbocycles. The fourth-order valence-electron chi connectivity index (χ4n) is 2.99. The lowest BCUT2D eigenvalue weighted by Gasteiger charge is -2.29. The van der Waals surface area contributed by atoms with E-state index in [-0.39, 0.29) is 23.5 Å². The smallest absolute Gasteiger partial charge is 0.233 e. The van der Waals surface area contributed by atoms with Gasteiger partial charge < -0.3 is 4.90 Å². The van der Waals surface area contributed by atoms with Crippen LogP contribution in [0.1, 0.15) is 20.3 Å². The summed E-state index contributed by atoms with van der Waals surface area (Å²) in [4.78, 5) is 19.1. The second-order valence-corrected chi connectivity index (χ2v) is 11.2. The zero-order valence-electron chi connectivity index (χ0n) is 14.3. The van der Waals surface area contributed by atoms with Crippen LogP contribution in [0.25, 0.3) is 10.2 Å². The number of thioether (sulfide) groups is 1. The zero-order chi connectivity index (χ0) is 18.0. The molecule has 1 atom stereocenters. The molecule has 2 heterocycles. The number of para-hydroxylation sites is 1. The molecule has 0 spiro atoms. The van der Waals surface area contributed by atoms with Crippen molar-refractivity contribution in [1.82, 2.24) is 9.88 Å². The van der Waals surface area contributed by atoms with Crippen LogP contribution < -0.4 is 0 Å². The number of aromatic nitrogens is 1. The first kappa shape index (κ1) is 18.7. The summed E-state index contributed by atoms with van der Waals surface area (Å²) in [5.74, 6) is 0.880. The third-order valence-corrected chi connectivity index (χ3v) is 8.04. The first-order valence-corrected chi connectivity index (χ1v) is 11.9. The topological polar surface area (TPSA) is 67.3 Å². The molecular weight excluding hydrogens is 376 g/mol. The number of carbonyl (C=O) groups is 1. The molecule has 1 aromatic heterocycles. The van der Waals surface area contributed by atoms with E-state index in [0.29, 0.717) is 24.6 Å². The largest absolute Gasteiger partial charge is 0.338 e. The van der Waals surface area contributed by atoms with Crippen molar-refractivity contribution < 1.29 is 13.2 Å². The average molecular weight is 399 g/mol. The van der Waals surface area contributed by atoms with E-state index in [1.54, 1.807) is 16.2 Å². The summed E-state index contributed by atoms with van der Waals surface area (Å²) in [6.07, 6.45) is 0.548. The predicted octanol–water partition coefficient (Wildman–Crippen LogP) is 3.06. The Kier molecular flexibility index (Phi) is 5.70. The number of amides is 1. The van der Waals surface area contributed by atoms with Crippen molar-refractivity contribution >= 4 is 49.1 Å². The minimum atomic E-state index is -3.01. The van der Waals surface area contributed by atoms with Crippen LogP contribution in [-0.2, 0) is 14.6 Å². The molecule has 1 fully saturated rings. The van der Waals surface area contributed by atoms with Gasteiger partial charge in [0.1, 0.15) is 0 Å². The monoisotopic (exact) mass is 398 g/mol.